The molecule has 35 heavy (non-hydrogen) atoms. The molecule has 7 aliphatic rings. The van der Waals surface area contributed by atoms with Crippen LogP contribution in [0.4, 0.5) is 10.5 Å². The van der Waals surface area contributed by atoms with Crippen molar-refractivity contribution in [3.05, 3.63) is 17.7 Å². The number of nitriles is 1. The van der Waals surface area contributed by atoms with Crippen molar-refractivity contribution >= 4 is 17.7 Å². The minimum Gasteiger partial charge on any atom is -0.467 e. The summed E-state index contributed by atoms with van der Waals surface area (Å²) in [6.07, 6.45) is 2.34. The number of ether oxygens (including phenoxy) is 4. The average molecular weight is 482 g/mol. The molecule has 10 heteroatoms. The zero-order valence-electron chi connectivity index (χ0n) is 19.8. The SMILES string of the molecule is COC(=O)N1c2c(ccc3c2OCO3)[C@@]23CCN4CCCC5(CCC12[C@](O)(C(=O)OC)C5)[C@]43C#N. The predicted molar refractivity (Wildman–Crippen MR) is 119 cm³/mol. The summed E-state index contributed by atoms with van der Waals surface area (Å²) < 4.78 is 22.0. The van der Waals surface area contributed by atoms with Crippen LogP contribution >= 0.6 is 0 Å². The molecule has 1 aromatic carbocycles. The smallest absolute Gasteiger partial charge is 0.414 e. The van der Waals surface area contributed by atoms with Gasteiger partial charge in [0.2, 0.25) is 6.79 Å². The van der Waals surface area contributed by atoms with E-state index in [9.17, 15) is 20.0 Å². The molecule has 2 unspecified atom stereocenters. The van der Waals surface area contributed by atoms with Gasteiger partial charge in [-0.15, -0.1) is 0 Å². The lowest BCUT2D eigenvalue weighted by Gasteiger charge is -2.74. The number of aliphatic hydroxyl groups is 1. The fourth-order valence-corrected chi connectivity index (χ4v) is 9.51. The molecule has 1 amide bonds. The van der Waals surface area contributed by atoms with E-state index in [2.05, 4.69) is 11.0 Å². The van der Waals surface area contributed by atoms with Gasteiger partial charge in [-0.05, 0) is 56.7 Å². The lowest BCUT2D eigenvalue weighted by Crippen LogP contribution is -2.90. The van der Waals surface area contributed by atoms with Crippen LogP contribution in [-0.2, 0) is 19.7 Å². The number of anilines is 1. The second-order valence-corrected chi connectivity index (χ2v) is 10.7. The minimum atomic E-state index is -2.05. The summed E-state index contributed by atoms with van der Waals surface area (Å²) in [6.45, 7) is 1.36. The molecule has 5 fully saturated rings. The van der Waals surface area contributed by atoms with Gasteiger partial charge in [-0.3, -0.25) is 9.80 Å². The van der Waals surface area contributed by atoms with Crippen LogP contribution in [0.25, 0.3) is 0 Å². The summed E-state index contributed by atoms with van der Waals surface area (Å²) in [5.74, 6) is 0.0552. The van der Waals surface area contributed by atoms with Crippen LogP contribution in [-0.4, -0.2) is 72.8 Å². The van der Waals surface area contributed by atoms with Crippen molar-refractivity contribution in [1.29, 1.82) is 5.26 Å². The molecule has 3 saturated carbocycles. The monoisotopic (exact) mass is 481 g/mol. The standard InChI is InChI=1S/C25H27N3O7/c1-32-19(29)23(31)12-21-6-3-10-27-11-9-22(25(21,27)13-26)15-4-5-16-18(35-14-34-16)17(15)28(20(30)33-2)24(22,23)8-7-21/h4-5,31H,3,6-12,14H2,1-2H3/t21?,22-,23+,24?,25-/m0/s1. The van der Waals surface area contributed by atoms with Gasteiger partial charge in [0, 0.05) is 12.0 Å². The highest BCUT2D eigenvalue weighted by molar-refractivity contribution is 6.02. The first-order chi connectivity index (χ1) is 16.8. The first-order valence-electron chi connectivity index (χ1n) is 12.1. The fraction of sp³-hybridized carbons (Fsp3) is 0.640. The molecule has 8 rings (SSSR count). The Morgan fingerprint density at radius 1 is 1.11 bits per heavy atom. The van der Waals surface area contributed by atoms with Gasteiger partial charge in [-0.25, -0.2) is 9.59 Å². The van der Waals surface area contributed by atoms with Crippen molar-refractivity contribution in [2.75, 3.05) is 39.0 Å². The number of amides is 1. The maximum Gasteiger partial charge on any atom is 0.414 e. The topological polar surface area (TPSA) is 122 Å². The third-order valence-corrected chi connectivity index (χ3v) is 10.3. The number of nitrogens with zero attached hydrogens (tertiary/aromatic N) is 3. The van der Waals surface area contributed by atoms with Crippen molar-refractivity contribution in [1.82, 2.24) is 4.90 Å². The largest absolute Gasteiger partial charge is 0.467 e. The molecule has 3 spiro atoms. The van der Waals surface area contributed by atoms with Crippen LogP contribution < -0.4 is 14.4 Å². The van der Waals surface area contributed by atoms with Gasteiger partial charge in [0.05, 0.1) is 31.4 Å². The van der Waals surface area contributed by atoms with Crippen molar-refractivity contribution in [2.24, 2.45) is 5.41 Å². The highest BCUT2D eigenvalue weighted by Crippen LogP contribution is 2.81. The van der Waals surface area contributed by atoms with Crippen LogP contribution in [0, 0.1) is 16.7 Å². The Kier molecular flexibility index (Phi) is 3.77. The van der Waals surface area contributed by atoms with E-state index in [-0.39, 0.29) is 13.2 Å². The van der Waals surface area contributed by atoms with Gasteiger partial charge < -0.3 is 24.1 Å². The van der Waals surface area contributed by atoms with E-state index < -0.39 is 39.6 Å². The van der Waals surface area contributed by atoms with Crippen LogP contribution in [0.5, 0.6) is 11.5 Å². The second kappa shape index (κ2) is 6.20. The number of carbonyl (C=O) groups excluding carboxylic acids is 2. The van der Waals surface area contributed by atoms with Gasteiger partial charge in [-0.2, -0.15) is 5.26 Å². The van der Waals surface area contributed by atoms with Crippen LogP contribution in [0.15, 0.2) is 12.1 Å². The van der Waals surface area contributed by atoms with Crippen molar-refractivity contribution < 1.29 is 33.6 Å². The lowest BCUT2D eigenvalue weighted by atomic mass is 9.32. The van der Waals surface area contributed by atoms with E-state index in [1.165, 1.54) is 19.1 Å². The first kappa shape index (κ1) is 21.3. The third-order valence-electron chi connectivity index (χ3n) is 10.3. The first-order valence-corrected chi connectivity index (χ1v) is 12.1. The number of methoxy groups -OCH3 is 2. The molecular weight excluding hydrogens is 454 g/mol. The summed E-state index contributed by atoms with van der Waals surface area (Å²) in [7, 11) is 2.53. The van der Waals surface area contributed by atoms with E-state index in [1.54, 1.807) is 6.07 Å². The van der Waals surface area contributed by atoms with Gasteiger partial charge in [-0.1, -0.05) is 6.07 Å². The number of hydrogen-bond donors (Lipinski definition) is 1. The van der Waals surface area contributed by atoms with E-state index in [0.717, 1.165) is 18.5 Å². The van der Waals surface area contributed by atoms with E-state index >= 15 is 0 Å². The van der Waals surface area contributed by atoms with Gasteiger partial charge in [0.15, 0.2) is 17.1 Å². The Morgan fingerprint density at radius 2 is 1.94 bits per heavy atom. The fourth-order valence-electron chi connectivity index (χ4n) is 9.51. The molecule has 2 bridgehead atoms. The number of esters is 1. The molecule has 5 atom stereocenters. The normalized spacial score (nSPS) is 41.6. The van der Waals surface area contributed by atoms with E-state index in [4.69, 9.17) is 18.9 Å². The Morgan fingerprint density at radius 3 is 2.69 bits per heavy atom. The predicted octanol–water partition coefficient (Wildman–Crippen LogP) is 1.83. The summed E-state index contributed by atoms with van der Waals surface area (Å²) >= 11 is 0. The highest BCUT2D eigenvalue weighted by Gasteiger charge is 2.92. The second-order valence-electron chi connectivity index (χ2n) is 10.7. The molecule has 4 heterocycles. The van der Waals surface area contributed by atoms with Crippen molar-refractivity contribution in [3.8, 4) is 17.6 Å². The molecule has 3 aliphatic carbocycles. The molecule has 4 aliphatic heterocycles. The van der Waals surface area contributed by atoms with E-state index in [1.807, 2.05) is 6.07 Å². The van der Waals surface area contributed by atoms with Crippen molar-refractivity contribution in [2.45, 2.75) is 60.6 Å². The maximum absolute atomic E-state index is 13.7. The summed E-state index contributed by atoms with van der Waals surface area (Å²) in [5, 5.41) is 23.7. The Hall–Kier alpha value is -3.03. The zero-order valence-corrected chi connectivity index (χ0v) is 19.8. The zero-order chi connectivity index (χ0) is 24.4. The van der Waals surface area contributed by atoms with Gasteiger partial charge in [0.1, 0.15) is 11.1 Å². The quantitative estimate of drug-likeness (QED) is 0.599. The van der Waals surface area contributed by atoms with Crippen LogP contribution in [0.2, 0.25) is 0 Å². The maximum atomic E-state index is 13.7. The minimum absolute atomic E-state index is 0.0124. The summed E-state index contributed by atoms with van der Waals surface area (Å²) in [4.78, 5) is 30.9. The van der Waals surface area contributed by atoms with E-state index in [0.29, 0.717) is 49.4 Å². The highest BCUT2D eigenvalue weighted by atomic mass is 16.7. The third kappa shape index (κ3) is 1.78. The molecule has 1 aromatic rings. The number of fused-ring (bicyclic) bond motifs is 5. The molecular formula is C25H27N3O7. The lowest BCUT2D eigenvalue weighted by molar-refractivity contribution is -0.244. The molecule has 0 radical (unpaired) electrons. The molecule has 1 N–H and O–H groups in total. The molecule has 184 valence electrons. The van der Waals surface area contributed by atoms with Crippen LogP contribution in [0.1, 0.15) is 44.1 Å². The number of hydrogen-bond acceptors (Lipinski definition) is 9. The summed E-state index contributed by atoms with van der Waals surface area (Å²) in [6, 6.07) is 6.44. The van der Waals surface area contributed by atoms with Crippen LogP contribution in [0.3, 0.4) is 0 Å². The molecule has 0 aromatic heterocycles. The Bertz CT molecular complexity index is 1250. The number of piperidine rings is 1. The number of rotatable bonds is 1. The number of benzene rings is 1. The van der Waals surface area contributed by atoms with Crippen molar-refractivity contribution in [3.63, 3.8) is 0 Å². The van der Waals surface area contributed by atoms with Gasteiger partial charge >= 0.3 is 12.1 Å². The number of carbonyl (C=O) groups is 2. The Labute approximate surface area is 202 Å². The average Bonchev–Trinajstić information content (AvgIpc) is 3.55. The molecule has 2 saturated heterocycles. The Balaban J connectivity index is 1.67. The molecule has 10 nitrogen and oxygen atoms in total. The summed E-state index contributed by atoms with van der Waals surface area (Å²) in [5.41, 5.74) is -5.10. The van der Waals surface area contributed by atoms with Gasteiger partial charge in [0.25, 0.3) is 0 Å².